The Balaban J connectivity index is 0.00000220. The molecule has 1 aliphatic carbocycles. The molecule has 0 aliphatic heterocycles. The van der Waals surface area contributed by atoms with E-state index in [4.69, 9.17) is 5.73 Å². The van der Waals surface area contributed by atoms with Gasteiger partial charge < -0.3 is 11.1 Å². The van der Waals surface area contributed by atoms with Crippen molar-refractivity contribution >= 4 is 24.0 Å². The Hall–Kier alpha value is -1.66. The van der Waals surface area contributed by atoms with Gasteiger partial charge in [-0.25, -0.2) is 0 Å². The number of hydrogen-bond acceptors (Lipinski definition) is 4. The SMILES string of the molecule is Cc1cc(C(=O)NC2CCC(N)CC2)cc([N+](=O)[O-])c1.Cl. The molecule has 0 bridgehead atoms. The van der Waals surface area contributed by atoms with Crippen LogP contribution in [0.2, 0.25) is 0 Å². The van der Waals surface area contributed by atoms with E-state index < -0.39 is 4.92 Å². The van der Waals surface area contributed by atoms with E-state index in [-0.39, 0.29) is 36.1 Å². The Morgan fingerprint density at radius 2 is 1.90 bits per heavy atom. The molecule has 3 N–H and O–H groups in total. The lowest BCUT2D eigenvalue weighted by Gasteiger charge is -2.26. The van der Waals surface area contributed by atoms with Crippen molar-refractivity contribution in [3.8, 4) is 0 Å². The van der Waals surface area contributed by atoms with Crippen molar-refractivity contribution in [3.63, 3.8) is 0 Å². The summed E-state index contributed by atoms with van der Waals surface area (Å²) in [7, 11) is 0. The quantitative estimate of drug-likeness (QED) is 0.661. The third-order valence-electron chi connectivity index (χ3n) is 3.64. The average Bonchev–Trinajstić information content (AvgIpc) is 2.40. The van der Waals surface area contributed by atoms with Crippen molar-refractivity contribution in [3.05, 3.63) is 39.4 Å². The zero-order chi connectivity index (χ0) is 14.7. The smallest absolute Gasteiger partial charge is 0.270 e. The lowest BCUT2D eigenvalue weighted by molar-refractivity contribution is -0.384. The molecule has 0 heterocycles. The Kier molecular flexibility index (Phi) is 6.11. The van der Waals surface area contributed by atoms with Gasteiger partial charge in [0.2, 0.25) is 0 Å². The van der Waals surface area contributed by atoms with Crippen LogP contribution < -0.4 is 11.1 Å². The summed E-state index contributed by atoms with van der Waals surface area (Å²) in [6.45, 7) is 1.74. The van der Waals surface area contributed by atoms with Crippen molar-refractivity contribution in [2.45, 2.75) is 44.7 Å². The van der Waals surface area contributed by atoms with Gasteiger partial charge >= 0.3 is 0 Å². The predicted molar refractivity (Wildman–Crippen MR) is 82.8 cm³/mol. The molecule has 2 rings (SSSR count). The first-order valence-corrected chi connectivity index (χ1v) is 6.78. The summed E-state index contributed by atoms with van der Waals surface area (Å²) in [5.41, 5.74) is 6.81. The third kappa shape index (κ3) is 4.68. The van der Waals surface area contributed by atoms with Crippen LogP contribution in [0.25, 0.3) is 0 Å². The monoisotopic (exact) mass is 313 g/mol. The van der Waals surface area contributed by atoms with E-state index in [9.17, 15) is 14.9 Å². The highest BCUT2D eigenvalue weighted by Crippen LogP contribution is 2.19. The van der Waals surface area contributed by atoms with Gasteiger partial charge in [-0.05, 0) is 44.2 Å². The fourth-order valence-electron chi connectivity index (χ4n) is 2.53. The number of nitrogens with two attached hydrogens (primary N) is 1. The maximum Gasteiger partial charge on any atom is 0.270 e. The van der Waals surface area contributed by atoms with Gasteiger partial charge in [-0.3, -0.25) is 14.9 Å². The van der Waals surface area contributed by atoms with E-state index in [1.807, 2.05) is 0 Å². The van der Waals surface area contributed by atoms with Gasteiger partial charge in [-0.15, -0.1) is 12.4 Å². The minimum atomic E-state index is -0.483. The van der Waals surface area contributed by atoms with Gasteiger partial charge in [0, 0.05) is 29.8 Å². The molecule has 1 aromatic carbocycles. The van der Waals surface area contributed by atoms with Gasteiger partial charge in [0.25, 0.3) is 11.6 Å². The molecular weight excluding hydrogens is 294 g/mol. The number of halogens is 1. The maximum atomic E-state index is 12.2. The number of carbonyl (C=O) groups is 1. The number of carbonyl (C=O) groups excluding carboxylic acids is 1. The maximum absolute atomic E-state index is 12.2. The number of nitrogens with zero attached hydrogens (tertiary/aromatic N) is 1. The molecule has 1 aliphatic rings. The number of benzene rings is 1. The molecule has 0 unspecified atom stereocenters. The van der Waals surface area contributed by atoms with Crippen molar-refractivity contribution in [1.82, 2.24) is 5.32 Å². The fraction of sp³-hybridized carbons (Fsp3) is 0.500. The van der Waals surface area contributed by atoms with Crippen LogP contribution in [-0.2, 0) is 0 Å². The van der Waals surface area contributed by atoms with E-state index in [1.165, 1.54) is 12.1 Å². The van der Waals surface area contributed by atoms with Crippen LogP contribution in [0.5, 0.6) is 0 Å². The first-order chi connectivity index (χ1) is 9.45. The fourth-order valence-corrected chi connectivity index (χ4v) is 2.53. The molecule has 0 atom stereocenters. The second-order valence-corrected chi connectivity index (χ2v) is 5.40. The first-order valence-electron chi connectivity index (χ1n) is 6.78. The second kappa shape index (κ2) is 7.38. The second-order valence-electron chi connectivity index (χ2n) is 5.40. The molecule has 0 aromatic heterocycles. The molecule has 1 aromatic rings. The highest BCUT2D eigenvalue weighted by atomic mass is 35.5. The summed E-state index contributed by atoms with van der Waals surface area (Å²) >= 11 is 0. The van der Waals surface area contributed by atoms with E-state index in [0.29, 0.717) is 11.1 Å². The minimum absolute atomic E-state index is 0. The van der Waals surface area contributed by atoms with Crippen molar-refractivity contribution in [1.29, 1.82) is 0 Å². The van der Waals surface area contributed by atoms with Crippen LogP contribution in [0, 0.1) is 17.0 Å². The largest absolute Gasteiger partial charge is 0.349 e. The summed E-state index contributed by atoms with van der Waals surface area (Å²) in [6.07, 6.45) is 3.53. The summed E-state index contributed by atoms with van der Waals surface area (Å²) in [6, 6.07) is 4.77. The Morgan fingerprint density at radius 1 is 1.29 bits per heavy atom. The van der Waals surface area contributed by atoms with E-state index >= 15 is 0 Å². The third-order valence-corrected chi connectivity index (χ3v) is 3.64. The zero-order valence-corrected chi connectivity index (χ0v) is 12.7. The molecule has 1 amide bonds. The molecule has 6 nitrogen and oxygen atoms in total. The number of aryl methyl sites for hydroxylation is 1. The first kappa shape index (κ1) is 17.4. The molecule has 0 radical (unpaired) electrons. The Bertz CT molecular complexity index is 528. The summed E-state index contributed by atoms with van der Waals surface area (Å²) in [4.78, 5) is 22.5. The number of non-ortho nitro benzene ring substituents is 1. The number of rotatable bonds is 3. The van der Waals surface area contributed by atoms with E-state index in [1.54, 1.807) is 13.0 Å². The predicted octanol–water partition coefficient (Wildman–Crippen LogP) is 2.32. The highest BCUT2D eigenvalue weighted by molar-refractivity contribution is 5.95. The van der Waals surface area contributed by atoms with Crippen LogP contribution in [-0.4, -0.2) is 22.9 Å². The van der Waals surface area contributed by atoms with Crippen LogP contribution in [0.4, 0.5) is 5.69 Å². The van der Waals surface area contributed by atoms with Gasteiger partial charge in [0.1, 0.15) is 0 Å². The molecule has 21 heavy (non-hydrogen) atoms. The summed E-state index contributed by atoms with van der Waals surface area (Å²) in [5.74, 6) is -0.253. The normalized spacial score (nSPS) is 21.2. The number of amides is 1. The Labute approximate surface area is 129 Å². The van der Waals surface area contributed by atoms with Gasteiger partial charge in [-0.1, -0.05) is 0 Å². The number of nitro benzene ring substituents is 1. The van der Waals surface area contributed by atoms with Crippen LogP contribution >= 0.6 is 12.4 Å². The van der Waals surface area contributed by atoms with Crippen molar-refractivity contribution in [2.75, 3.05) is 0 Å². The van der Waals surface area contributed by atoms with Crippen molar-refractivity contribution in [2.24, 2.45) is 5.73 Å². The van der Waals surface area contributed by atoms with Crippen LogP contribution in [0.15, 0.2) is 18.2 Å². The standard InChI is InChI=1S/C14H19N3O3.ClH/c1-9-6-10(8-13(7-9)17(19)20)14(18)16-12-4-2-11(15)3-5-12;/h6-8,11-12H,2-5,15H2,1H3,(H,16,18);1H. The number of nitrogens with one attached hydrogen (secondary N) is 1. The van der Waals surface area contributed by atoms with E-state index in [0.717, 1.165) is 25.7 Å². The van der Waals surface area contributed by atoms with Gasteiger partial charge in [-0.2, -0.15) is 0 Å². The zero-order valence-electron chi connectivity index (χ0n) is 11.9. The topological polar surface area (TPSA) is 98.3 Å². The van der Waals surface area contributed by atoms with Gasteiger partial charge in [0.15, 0.2) is 0 Å². The lowest BCUT2D eigenvalue weighted by atomic mass is 9.91. The number of nitro groups is 1. The lowest BCUT2D eigenvalue weighted by Crippen LogP contribution is -2.40. The van der Waals surface area contributed by atoms with Gasteiger partial charge in [0.05, 0.1) is 4.92 Å². The molecule has 0 spiro atoms. The molecule has 1 fully saturated rings. The molecule has 116 valence electrons. The molecular formula is C14H20ClN3O3. The molecule has 1 saturated carbocycles. The Morgan fingerprint density at radius 3 is 2.48 bits per heavy atom. The van der Waals surface area contributed by atoms with Crippen LogP contribution in [0.3, 0.4) is 0 Å². The van der Waals surface area contributed by atoms with E-state index in [2.05, 4.69) is 5.32 Å². The summed E-state index contributed by atoms with van der Waals surface area (Å²) in [5, 5.41) is 13.7. The number of hydrogen-bond donors (Lipinski definition) is 2. The molecule has 0 saturated heterocycles. The highest BCUT2D eigenvalue weighted by Gasteiger charge is 2.21. The molecule has 7 heteroatoms. The minimum Gasteiger partial charge on any atom is -0.349 e. The summed E-state index contributed by atoms with van der Waals surface area (Å²) < 4.78 is 0. The van der Waals surface area contributed by atoms with Crippen molar-refractivity contribution < 1.29 is 9.72 Å². The average molecular weight is 314 g/mol. The van der Waals surface area contributed by atoms with Crippen LogP contribution in [0.1, 0.15) is 41.6 Å².